The van der Waals surface area contributed by atoms with Gasteiger partial charge in [-0.15, -0.1) is 11.3 Å². The number of sulfonamides is 2. The van der Waals surface area contributed by atoms with Gasteiger partial charge < -0.3 is 11.1 Å². The van der Waals surface area contributed by atoms with E-state index in [-0.39, 0.29) is 29.4 Å². The predicted octanol–water partition coefficient (Wildman–Crippen LogP) is 5.08. The molecule has 1 fully saturated rings. The number of hydrogen-bond donors (Lipinski definition) is 3. The van der Waals surface area contributed by atoms with Crippen molar-refractivity contribution >= 4 is 43.0 Å². The highest BCUT2D eigenvalue weighted by molar-refractivity contribution is 7.92. The first-order valence-corrected chi connectivity index (χ1v) is 18.7. The second-order valence-corrected chi connectivity index (χ2v) is 16.8. The van der Waals surface area contributed by atoms with Gasteiger partial charge in [0.25, 0.3) is 10.0 Å². The van der Waals surface area contributed by atoms with Crippen molar-refractivity contribution < 1.29 is 30.0 Å². The summed E-state index contributed by atoms with van der Waals surface area (Å²) in [5.74, 6) is -3.43. The molecule has 2 aromatic carbocycles. The van der Waals surface area contributed by atoms with Gasteiger partial charge in [0.1, 0.15) is 11.6 Å². The fraction of sp³-hybridized carbons (Fsp3) is 0.367. The van der Waals surface area contributed by atoms with Crippen molar-refractivity contribution in [2.45, 2.75) is 56.5 Å². The SMILES string of the molecule is CC(C)(C)c1nc(-c2cccc(NS(=O)(=O)c3c(F)cc(CN)cc3F)c2F)c(-c2ccnc(NC3CCN(S(C)(=O)=O)CC3)n2)s1. The number of hydrogen-bond acceptors (Lipinski definition) is 10. The van der Waals surface area contributed by atoms with Crippen LogP contribution in [0.3, 0.4) is 0 Å². The van der Waals surface area contributed by atoms with Gasteiger partial charge in [-0.2, -0.15) is 0 Å². The van der Waals surface area contributed by atoms with E-state index >= 15 is 4.39 Å². The van der Waals surface area contributed by atoms with Crippen LogP contribution in [0.15, 0.2) is 47.5 Å². The topological polar surface area (TPSA) is 160 Å². The summed E-state index contributed by atoms with van der Waals surface area (Å²) >= 11 is 1.29. The molecule has 0 unspecified atom stereocenters. The standard InChI is InChI=1S/C30H34F3N7O4S3/c1-30(2,3)28-38-25(26(45-28)23-8-11-35-29(37-23)36-18-9-12-40(13-10-18)46(4,41)42)19-6-5-7-22(24(19)33)39-47(43,44)27-20(31)14-17(16-34)15-21(27)32/h5-8,11,14-15,18,39H,9-10,12-13,16,34H2,1-4H3,(H,35,36,37). The molecule has 0 radical (unpaired) electrons. The third-order valence-electron chi connectivity index (χ3n) is 7.47. The molecule has 5 rings (SSSR count). The summed E-state index contributed by atoms with van der Waals surface area (Å²) in [5.41, 5.74) is 5.05. The Morgan fingerprint density at radius 3 is 2.28 bits per heavy atom. The molecule has 0 spiro atoms. The van der Waals surface area contributed by atoms with Gasteiger partial charge in [-0.25, -0.2) is 49.3 Å². The van der Waals surface area contributed by atoms with Crippen LogP contribution in [0, 0.1) is 17.5 Å². The maximum absolute atomic E-state index is 16.2. The summed E-state index contributed by atoms with van der Waals surface area (Å²) in [6.45, 7) is 6.34. The van der Waals surface area contributed by atoms with Crippen molar-refractivity contribution in [1.29, 1.82) is 0 Å². The predicted molar refractivity (Wildman–Crippen MR) is 175 cm³/mol. The number of thiazole rings is 1. The highest BCUT2D eigenvalue weighted by Crippen LogP contribution is 2.42. The second-order valence-electron chi connectivity index (χ2n) is 12.2. The normalized spacial score (nSPS) is 15.1. The molecule has 252 valence electrons. The van der Waals surface area contributed by atoms with E-state index in [4.69, 9.17) is 10.7 Å². The Morgan fingerprint density at radius 1 is 1.02 bits per heavy atom. The van der Waals surface area contributed by atoms with Gasteiger partial charge in [-0.05, 0) is 48.7 Å². The summed E-state index contributed by atoms with van der Waals surface area (Å²) in [5, 5.41) is 3.91. The number of nitrogens with two attached hydrogens (primary N) is 1. The van der Waals surface area contributed by atoms with Crippen LogP contribution in [-0.4, -0.2) is 61.5 Å². The Balaban J connectivity index is 1.50. The van der Waals surface area contributed by atoms with Crippen molar-refractivity contribution in [2.75, 3.05) is 29.4 Å². The molecule has 0 bridgehead atoms. The lowest BCUT2D eigenvalue weighted by atomic mass is 9.98. The van der Waals surface area contributed by atoms with Crippen LogP contribution in [0.25, 0.3) is 21.8 Å². The summed E-state index contributed by atoms with van der Waals surface area (Å²) in [6.07, 6.45) is 3.83. The van der Waals surface area contributed by atoms with Gasteiger partial charge in [0.2, 0.25) is 16.0 Å². The minimum atomic E-state index is -4.90. The maximum Gasteiger partial charge on any atom is 0.267 e. The minimum Gasteiger partial charge on any atom is -0.351 e. The molecule has 3 heterocycles. The first-order valence-electron chi connectivity index (χ1n) is 14.5. The Kier molecular flexibility index (Phi) is 9.67. The van der Waals surface area contributed by atoms with E-state index < -0.39 is 53.5 Å². The molecule has 4 N–H and O–H groups in total. The van der Waals surface area contributed by atoms with Crippen molar-refractivity contribution in [1.82, 2.24) is 19.3 Å². The Bertz CT molecular complexity index is 2000. The van der Waals surface area contributed by atoms with Crippen LogP contribution in [0.5, 0.6) is 0 Å². The number of benzene rings is 2. The zero-order valence-electron chi connectivity index (χ0n) is 26.0. The lowest BCUT2D eigenvalue weighted by Gasteiger charge is -2.30. The fourth-order valence-corrected chi connectivity index (χ4v) is 8.20. The minimum absolute atomic E-state index is 0.0539. The first kappa shape index (κ1) is 34.7. The quantitative estimate of drug-likeness (QED) is 0.216. The van der Waals surface area contributed by atoms with Crippen LogP contribution in [-0.2, 0) is 32.0 Å². The van der Waals surface area contributed by atoms with E-state index in [1.54, 1.807) is 6.07 Å². The molecule has 0 aliphatic carbocycles. The van der Waals surface area contributed by atoms with Crippen LogP contribution >= 0.6 is 11.3 Å². The average molecular weight is 710 g/mol. The number of halogens is 3. The monoisotopic (exact) mass is 709 g/mol. The molecular weight excluding hydrogens is 676 g/mol. The van der Waals surface area contributed by atoms with E-state index in [1.807, 2.05) is 25.5 Å². The molecule has 0 saturated carbocycles. The third-order valence-corrected chi connectivity index (χ3v) is 11.7. The van der Waals surface area contributed by atoms with E-state index in [1.165, 1.54) is 40.2 Å². The molecule has 17 heteroatoms. The van der Waals surface area contributed by atoms with Crippen LogP contribution < -0.4 is 15.8 Å². The number of anilines is 2. The summed E-state index contributed by atoms with van der Waals surface area (Å²) in [7, 11) is -8.18. The van der Waals surface area contributed by atoms with E-state index in [9.17, 15) is 25.6 Å². The van der Waals surface area contributed by atoms with Crippen molar-refractivity contribution in [3.05, 3.63) is 70.6 Å². The van der Waals surface area contributed by atoms with E-state index in [0.717, 1.165) is 18.2 Å². The Labute approximate surface area is 275 Å². The fourth-order valence-electron chi connectivity index (χ4n) is 5.04. The summed E-state index contributed by atoms with van der Waals surface area (Å²) in [4.78, 5) is 12.9. The Morgan fingerprint density at radius 2 is 1.68 bits per heavy atom. The zero-order valence-corrected chi connectivity index (χ0v) is 28.5. The van der Waals surface area contributed by atoms with Crippen LogP contribution in [0.4, 0.5) is 24.8 Å². The summed E-state index contributed by atoms with van der Waals surface area (Å²) in [6, 6.07) is 7.15. The lowest BCUT2D eigenvalue weighted by molar-refractivity contribution is 0.331. The number of piperidine rings is 1. The highest BCUT2D eigenvalue weighted by Gasteiger charge is 2.30. The second kappa shape index (κ2) is 13.1. The molecule has 2 aromatic heterocycles. The summed E-state index contributed by atoms with van der Waals surface area (Å²) < 4.78 is 98.9. The number of aromatic nitrogens is 3. The van der Waals surface area contributed by atoms with Crippen LogP contribution in [0.2, 0.25) is 0 Å². The first-order chi connectivity index (χ1) is 22.0. The maximum atomic E-state index is 16.2. The lowest BCUT2D eigenvalue weighted by Crippen LogP contribution is -2.42. The van der Waals surface area contributed by atoms with Gasteiger partial charge in [0.15, 0.2) is 10.7 Å². The molecule has 0 amide bonds. The number of rotatable bonds is 9. The molecule has 1 aliphatic heterocycles. The van der Waals surface area contributed by atoms with E-state index in [2.05, 4.69) is 15.3 Å². The van der Waals surface area contributed by atoms with Gasteiger partial charge >= 0.3 is 0 Å². The van der Waals surface area contributed by atoms with Crippen molar-refractivity contribution in [2.24, 2.45) is 5.73 Å². The van der Waals surface area contributed by atoms with Gasteiger partial charge in [0, 0.05) is 42.9 Å². The van der Waals surface area contributed by atoms with Crippen LogP contribution in [0.1, 0.15) is 44.2 Å². The third kappa shape index (κ3) is 7.59. The number of nitrogens with zero attached hydrogens (tertiary/aromatic N) is 4. The molecule has 4 aromatic rings. The molecule has 1 saturated heterocycles. The zero-order chi connectivity index (χ0) is 34.3. The molecule has 0 atom stereocenters. The van der Waals surface area contributed by atoms with E-state index in [0.29, 0.717) is 47.5 Å². The van der Waals surface area contributed by atoms with Crippen molar-refractivity contribution in [3.8, 4) is 21.8 Å². The average Bonchev–Trinajstić information content (AvgIpc) is 3.44. The van der Waals surface area contributed by atoms with Crippen molar-refractivity contribution in [3.63, 3.8) is 0 Å². The van der Waals surface area contributed by atoms with Gasteiger partial charge in [-0.1, -0.05) is 26.8 Å². The molecule has 11 nitrogen and oxygen atoms in total. The largest absolute Gasteiger partial charge is 0.351 e. The van der Waals surface area contributed by atoms with Gasteiger partial charge in [0.05, 0.1) is 33.2 Å². The van der Waals surface area contributed by atoms with Gasteiger partial charge in [-0.3, -0.25) is 4.72 Å². The molecule has 47 heavy (non-hydrogen) atoms. The smallest absolute Gasteiger partial charge is 0.267 e. The molecular formula is C30H34F3N7O4S3. The number of nitrogens with one attached hydrogen (secondary N) is 2. The Hall–Kier alpha value is -3.64. The highest BCUT2D eigenvalue weighted by atomic mass is 32.2. The molecule has 1 aliphatic rings.